The van der Waals surface area contributed by atoms with Gasteiger partial charge in [-0.1, -0.05) is 60.7 Å². The van der Waals surface area contributed by atoms with Crippen molar-refractivity contribution in [3.05, 3.63) is 93.4 Å². The monoisotopic (exact) mass is 594 g/mol. The summed E-state index contributed by atoms with van der Waals surface area (Å²) >= 11 is 0. The van der Waals surface area contributed by atoms with E-state index in [-0.39, 0.29) is 36.7 Å². The van der Waals surface area contributed by atoms with E-state index in [9.17, 15) is 35.9 Å². The highest BCUT2D eigenvalue weighted by Gasteiger charge is 2.70. The number of nitrogens with zero attached hydrogens (tertiary/aromatic N) is 3. The van der Waals surface area contributed by atoms with Crippen LogP contribution in [-0.2, 0) is 17.7 Å². The lowest BCUT2D eigenvalue weighted by Crippen LogP contribution is -2.53. The highest BCUT2D eigenvalue weighted by atomic mass is 19.4. The number of carbonyl (C=O) groups is 1. The van der Waals surface area contributed by atoms with Crippen LogP contribution in [0.25, 0.3) is 0 Å². The molecule has 0 bridgehead atoms. The van der Waals surface area contributed by atoms with Gasteiger partial charge < -0.3 is 15.4 Å². The van der Waals surface area contributed by atoms with Crippen molar-refractivity contribution in [2.45, 2.75) is 63.1 Å². The number of anilines is 1. The standard InChI is InChI=1S/C29H28F6N4O3/c30-28(31,32)27(29(33,34)35)14-11-20(12-15-27)42-26(41)38-16-13-21-22(17-38)37-25(36)39(24(21)40)23(18-7-3-1-4-8-18)19-9-5-2-6-10-19/h1-10,20,23H,11-17H2,(H2,36,37). The Morgan fingerprint density at radius 3 is 1.95 bits per heavy atom. The topological polar surface area (TPSA) is 90.5 Å². The van der Waals surface area contributed by atoms with Crippen molar-refractivity contribution < 1.29 is 35.9 Å². The van der Waals surface area contributed by atoms with E-state index in [0.29, 0.717) is 5.56 Å². The number of halogens is 6. The number of carbonyl (C=O) groups excluding carboxylic acids is 1. The normalized spacial score (nSPS) is 17.6. The molecule has 13 heteroatoms. The fourth-order valence-corrected chi connectivity index (χ4v) is 5.83. The Hall–Kier alpha value is -4.03. The van der Waals surface area contributed by atoms with Gasteiger partial charge in [-0.3, -0.25) is 9.36 Å². The van der Waals surface area contributed by atoms with Gasteiger partial charge in [0.15, 0.2) is 5.41 Å². The number of alkyl halides is 6. The van der Waals surface area contributed by atoms with Crippen molar-refractivity contribution in [1.82, 2.24) is 14.5 Å². The van der Waals surface area contributed by atoms with Crippen LogP contribution in [0.3, 0.4) is 0 Å². The summed E-state index contributed by atoms with van der Waals surface area (Å²) in [7, 11) is 0. The zero-order valence-corrected chi connectivity index (χ0v) is 22.3. The summed E-state index contributed by atoms with van der Waals surface area (Å²) in [5.41, 5.74) is 4.39. The molecule has 0 atom stereocenters. The molecule has 1 fully saturated rings. The van der Waals surface area contributed by atoms with Gasteiger partial charge in [0.25, 0.3) is 5.56 Å². The molecule has 42 heavy (non-hydrogen) atoms. The van der Waals surface area contributed by atoms with Gasteiger partial charge in [-0.15, -0.1) is 0 Å². The number of aromatic nitrogens is 2. The molecule has 0 unspecified atom stereocenters. The second kappa shape index (κ2) is 11.0. The predicted octanol–water partition coefficient (Wildman–Crippen LogP) is 6.01. The van der Waals surface area contributed by atoms with Crippen LogP contribution in [0.5, 0.6) is 0 Å². The van der Waals surface area contributed by atoms with Crippen molar-refractivity contribution in [2.24, 2.45) is 5.41 Å². The fraction of sp³-hybridized carbons (Fsp3) is 0.414. The van der Waals surface area contributed by atoms with Crippen LogP contribution >= 0.6 is 0 Å². The van der Waals surface area contributed by atoms with Gasteiger partial charge in [-0.05, 0) is 43.2 Å². The third-order valence-corrected chi connectivity index (χ3v) is 8.18. The third-order valence-electron chi connectivity index (χ3n) is 8.18. The van der Waals surface area contributed by atoms with Crippen LogP contribution in [0.4, 0.5) is 37.1 Å². The Morgan fingerprint density at radius 1 is 0.929 bits per heavy atom. The molecule has 224 valence electrons. The Labute approximate surface area is 236 Å². The second-order valence-electron chi connectivity index (χ2n) is 10.6. The summed E-state index contributed by atoms with van der Waals surface area (Å²) in [6, 6.07) is 18.0. The van der Waals surface area contributed by atoms with Gasteiger partial charge in [-0.2, -0.15) is 26.3 Å². The largest absolute Gasteiger partial charge is 0.446 e. The molecule has 0 spiro atoms. The highest BCUT2D eigenvalue weighted by Crippen LogP contribution is 2.58. The lowest BCUT2D eigenvalue weighted by atomic mass is 9.72. The lowest BCUT2D eigenvalue weighted by Gasteiger charge is -2.42. The average molecular weight is 595 g/mol. The smallest absolute Gasteiger partial charge is 0.410 e. The second-order valence-corrected chi connectivity index (χ2v) is 10.6. The number of ether oxygens (including phenoxy) is 1. The van der Waals surface area contributed by atoms with Crippen LogP contribution in [0.2, 0.25) is 0 Å². The zero-order chi connectivity index (χ0) is 30.3. The first kappa shape index (κ1) is 29.5. The summed E-state index contributed by atoms with van der Waals surface area (Å²) < 4.78 is 86.9. The van der Waals surface area contributed by atoms with E-state index < -0.39 is 61.7 Å². The highest BCUT2D eigenvalue weighted by molar-refractivity contribution is 5.68. The molecule has 2 heterocycles. The van der Waals surface area contributed by atoms with Crippen LogP contribution in [0, 0.1) is 5.41 Å². The molecule has 5 rings (SSSR count). The first-order valence-corrected chi connectivity index (χ1v) is 13.4. The van der Waals surface area contributed by atoms with Crippen molar-refractivity contribution >= 4 is 12.0 Å². The number of hydrogen-bond acceptors (Lipinski definition) is 5. The summed E-state index contributed by atoms with van der Waals surface area (Å²) in [6.07, 6.45) is -16.4. The average Bonchev–Trinajstić information content (AvgIpc) is 2.95. The van der Waals surface area contributed by atoms with Crippen LogP contribution < -0.4 is 11.3 Å². The summed E-state index contributed by atoms with van der Waals surface area (Å²) in [5, 5.41) is 0. The summed E-state index contributed by atoms with van der Waals surface area (Å²) in [5.74, 6) is -0.0744. The summed E-state index contributed by atoms with van der Waals surface area (Å²) in [6.45, 7) is -0.0900. The number of nitrogen functional groups attached to an aromatic ring is 1. The number of rotatable bonds is 4. The van der Waals surface area contributed by atoms with Crippen LogP contribution in [0.1, 0.15) is 54.1 Å². The van der Waals surface area contributed by atoms with Crippen molar-refractivity contribution in [3.8, 4) is 0 Å². The fourth-order valence-electron chi connectivity index (χ4n) is 5.83. The zero-order valence-electron chi connectivity index (χ0n) is 22.3. The number of nitrogens with two attached hydrogens (primary N) is 1. The minimum absolute atomic E-state index is 0.0514. The van der Waals surface area contributed by atoms with E-state index in [1.807, 2.05) is 60.7 Å². The van der Waals surface area contributed by atoms with Gasteiger partial charge in [-0.25, -0.2) is 9.78 Å². The minimum atomic E-state index is -5.46. The number of hydrogen-bond donors (Lipinski definition) is 1. The van der Waals surface area contributed by atoms with Crippen molar-refractivity contribution in [2.75, 3.05) is 12.3 Å². The van der Waals surface area contributed by atoms with Gasteiger partial charge in [0.1, 0.15) is 6.10 Å². The first-order valence-electron chi connectivity index (χ1n) is 13.4. The third kappa shape index (κ3) is 5.32. The maximum atomic E-state index is 13.8. The minimum Gasteiger partial charge on any atom is -0.446 e. The van der Waals surface area contributed by atoms with Crippen molar-refractivity contribution in [1.29, 1.82) is 0 Å². The molecular formula is C29H28F6N4O3. The van der Waals surface area contributed by atoms with Gasteiger partial charge >= 0.3 is 18.4 Å². The van der Waals surface area contributed by atoms with Crippen molar-refractivity contribution in [3.63, 3.8) is 0 Å². The molecule has 2 aromatic carbocycles. The molecule has 0 saturated heterocycles. The maximum Gasteiger partial charge on any atom is 0.410 e. The number of amides is 1. The van der Waals surface area contributed by atoms with E-state index in [4.69, 9.17) is 10.5 Å². The SMILES string of the molecule is Nc1nc2c(c(=O)n1C(c1ccccc1)c1ccccc1)CCN(C(=O)OC1CCC(C(F)(F)F)(C(F)(F)F)CC1)C2. The quantitative estimate of drug-likeness (QED) is 0.374. The Kier molecular flexibility index (Phi) is 7.71. The number of fused-ring (bicyclic) bond motifs is 1. The molecule has 7 nitrogen and oxygen atoms in total. The molecule has 2 aliphatic rings. The molecular weight excluding hydrogens is 566 g/mol. The van der Waals surface area contributed by atoms with E-state index in [0.717, 1.165) is 11.1 Å². The molecule has 3 aromatic rings. The number of benzene rings is 2. The van der Waals surface area contributed by atoms with E-state index in [2.05, 4.69) is 4.98 Å². The lowest BCUT2D eigenvalue weighted by molar-refractivity contribution is -0.352. The Bertz CT molecular complexity index is 1430. The van der Waals surface area contributed by atoms with Gasteiger partial charge in [0.05, 0.1) is 18.3 Å². The molecule has 1 aliphatic heterocycles. The van der Waals surface area contributed by atoms with Crippen LogP contribution in [-0.4, -0.2) is 45.5 Å². The molecule has 1 aromatic heterocycles. The predicted molar refractivity (Wildman–Crippen MR) is 140 cm³/mol. The molecule has 1 saturated carbocycles. The van der Waals surface area contributed by atoms with E-state index >= 15 is 0 Å². The molecule has 0 radical (unpaired) electrons. The Balaban J connectivity index is 1.34. The van der Waals surface area contributed by atoms with Gasteiger partial charge in [0, 0.05) is 12.1 Å². The van der Waals surface area contributed by atoms with E-state index in [1.165, 1.54) is 9.47 Å². The molecule has 2 N–H and O–H groups in total. The van der Waals surface area contributed by atoms with Gasteiger partial charge in [0.2, 0.25) is 5.95 Å². The molecule has 1 amide bonds. The first-order chi connectivity index (χ1) is 19.8. The maximum absolute atomic E-state index is 13.8. The molecule has 1 aliphatic carbocycles. The van der Waals surface area contributed by atoms with E-state index in [1.54, 1.807) is 0 Å². The Morgan fingerprint density at radius 2 is 1.45 bits per heavy atom. The van der Waals surface area contributed by atoms with Crippen LogP contribution in [0.15, 0.2) is 65.5 Å². The summed E-state index contributed by atoms with van der Waals surface area (Å²) in [4.78, 5) is 32.3.